The summed E-state index contributed by atoms with van der Waals surface area (Å²) in [7, 11) is 1.66. The molecule has 13 heavy (non-hydrogen) atoms. The van der Waals surface area contributed by atoms with Crippen LogP contribution in [0.4, 0.5) is 0 Å². The highest BCUT2D eigenvalue weighted by Crippen LogP contribution is 2.25. The highest BCUT2D eigenvalue weighted by molar-refractivity contribution is 4.86. The van der Waals surface area contributed by atoms with Gasteiger partial charge in [-0.2, -0.15) is 0 Å². The van der Waals surface area contributed by atoms with Crippen LogP contribution in [0.15, 0.2) is 0 Å². The first-order valence-corrected chi connectivity index (χ1v) is 4.55. The predicted molar refractivity (Wildman–Crippen MR) is 47.9 cm³/mol. The van der Waals surface area contributed by atoms with Crippen LogP contribution in [0.3, 0.4) is 0 Å². The molecule has 0 aromatic heterocycles. The van der Waals surface area contributed by atoms with Crippen LogP contribution >= 0.6 is 0 Å². The van der Waals surface area contributed by atoms with Crippen LogP contribution < -0.4 is 0 Å². The van der Waals surface area contributed by atoms with Crippen LogP contribution in [0, 0.1) is 0 Å². The van der Waals surface area contributed by atoms with Crippen molar-refractivity contribution >= 4 is 0 Å². The second-order valence-electron chi connectivity index (χ2n) is 3.40. The van der Waals surface area contributed by atoms with Crippen LogP contribution in [0.25, 0.3) is 0 Å². The zero-order valence-electron chi connectivity index (χ0n) is 8.38. The number of rotatable bonds is 8. The molecule has 1 aliphatic heterocycles. The molecule has 1 saturated heterocycles. The van der Waals surface area contributed by atoms with E-state index in [1.807, 2.05) is 6.92 Å². The second-order valence-corrected chi connectivity index (χ2v) is 3.40. The van der Waals surface area contributed by atoms with E-state index in [0.29, 0.717) is 33.0 Å². The molecular formula is C9H18O4. The minimum absolute atomic E-state index is 0.00741. The number of hydrogen-bond acceptors (Lipinski definition) is 4. The molecule has 0 N–H and O–H groups in total. The Morgan fingerprint density at radius 2 is 1.77 bits per heavy atom. The second kappa shape index (κ2) is 5.54. The number of hydrogen-bond donors (Lipinski definition) is 0. The van der Waals surface area contributed by atoms with Gasteiger partial charge in [-0.25, -0.2) is 0 Å². The van der Waals surface area contributed by atoms with Gasteiger partial charge < -0.3 is 18.9 Å². The van der Waals surface area contributed by atoms with Gasteiger partial charge in [-0.1, -0.05) is 0 Å². The summed E-state index contributed by atoms with van der Waals surface area (Å²) in [4.78, 5) is 0. The molecule has 0 amide bonds. The Morgan fingerprint density at radius 3 is 2.38 bits per heavy atom. The highest BCUT2D eigenvalue weighted by atomic mass is 16.6. The van der Waals surface area contributed by atoms with Crippen molar-refractivity contribution in [1.29, 1.82) is 0 Å². The van der Waals surface area contributed by atoms with E-state index in [9.17, 15) is 0 Å². The summed E-state index contributed by atoms with van der Waals surface area (Å²) in [6, 6.07) is 0. The van der Waals surface area contributed by atoms with E-state index in [2.05, 4.69) is 0 Å². The fourth-order valence-electron chi connectivity index (χ4n) is 0.857. The maximum atomic E-state index is 5.35. The summed E-state index contributed by atoms with van der Waals surface area (Å²) in [5.41, 5.74) is -0.00741. The van der Waals surface area contributed by atoms with E-state index in [4.69, 9.17) is 18.9 Å². The van der Waals surface area contributed by atoms with E-state index in [-0.39, 0.29) is 5.60 Å². The van der Waals surface area contributed by atoms with Crippen molar-refractivity contribution in [2.45, 2.75) is 12.5 Å². The first kappa shape index (κ1) is 10.9. The average Bonchev–Trinajstić information content (AvgIpc) is 2.83. The fraction of sp³-hybridized carbons (Fsp3) is 1.00. The van der Waals surface area contributed by atoms with Crippen LogP contribution in [0.2, 0.25) is 0 Å². The van der Waals surface area contributed by atoms with E-state index >= 15 is 0 Å². The molecule has 0 saturated carbocycles. The lowest BCUT2D eigenvalue weighted by atomic mass is 10.2. The highest BCUT2D eigenvalue weighted by Gasteiger charge is 2.39. The van der Waals surface area contributed by atoms with Crippen molar-refractivity contribution < 1.29 is 18.9 Å². The SMILES string of the molecule is COCCOCCOCC1(C)CO1. The molecule has 1 rings (SSSR count). The van der Waals surface area contributed by atoms with Gasteiger partial charge in [0.1, 0.15) is 5.60 Å². The molecule has 1 atom stereocenters. The Hall–Kier alpha value is -0.160. The van der Waals surface area contributed by atoms with Crippen molar-refractivity contribution in [2.24, 2.45) is 0 Å². The third-order valence-electron chi connectivity index (χ3n) is 1.85. The van der Waals surface area contributed by atoms with Crippen molar-refractivity contribution in [3.05, 3.63) is 0 Å². The standard InChI is InChI=1S/C9H18O4/c1-9(8-13-9)7-12-6-5-11-4-3-10-2/h3-8H2,1-2H3. The average molecular weight is 190 g/mol. The molecule has 78 valence electrons. The van der Waals surface area contributed by atoms with Crippen molar-refractivity contribution in [1.82, 2.24) is 0 Å². The van der Waals surface area contributed by atoms with Gasteiger partial charge in [-0.05, 0) is 6.92 Å². The van der Waals surface area contributed by atoms with Gasteiger partial charge in [-0.15, -0.1) is 0 Å². The third-order valence-corrected chi connectivity index (χ3v) is 1.85. The molecule has 1 heterocycles. The number of epoxide rings is 1. The smallest absolute Gasteiger partial charge is 0.112 e. The minimum Gasteiger partial charge on any atom is -0.382 e. The van der Waals surface area contributed by atoms with Crippen LogP contribution in [-0.4, -0.2) is 52.4 Å². The van der Waals surface area contributed by atoms with Crippen LogP contribution in [0.1, 0.15) is 6.92 Å². The molecule has 4 nitrogen and oxygen atoms in total. The molecule has 0 radical (unpaired) electrons. The maximum absolute atomic E-state index is 5.35. The Bertz CT molecular complexity index is 134. The Morgan fingerprint density at radius 1 is 1.15 bits per heavy atom. The lowest BCUT2D eigenvalue weighted by Gasteiger charge is -2.07. The summed E-state index contributed by atoms with van der Waals surface area (Å²) in [6.45, 7) is 6.05. The third kappa shape index (κ3) is 5.21. The first-order chi connectivity index (χ1) is 6.27. The lowest BCUT2D eigenvalue weighted by molar-refractivity contribution is 0.0124. The number of methoxy groups -OCH3 is 1. The van der Waals surface area contributed by atoms with Gasteiger partial charge in [0.2, 0.25) is 0 Å². The fourth-order valence-corrected chi connectivity index (χ4v) is 0.857. The Balaban J connectivity index is 1.74. The summed E-state index contributed by atoms with van der Waals surface area (Å²) < 4.78 is 20.6. The monoisotopic (exact) mass is 190 g/mol. The molecule has 0 aromatic carbocycles. The molecule has 0 aliphatic carbocycles. The molecule has 0 spiro atoms. The van der Waals surface area contributed by atoms with E-state index in [1.54, 1.807) is 7.11 Å². The molecule has 0 bridgehead atoms. The van der Waals surface area contributed by atoms with Gasteiger partial charge in [-0.3, -0.25) is 0 Å². The van der Waals surface area contributed by atoms with Crippen molar-refractivity contribution in [2.75, 3.05) is 46.8 Å². The molecule has 1 fully saturated rings. The van der Waals surface area contributed by atoms with E-state index in [1.165, 1.54) is 0 Å². The molecule has 1 unspecified atom stereocenters. The topological polar surface area (TPSA) is 40.2 Å². The number of ether oxygens (including phenoxy) is 4. The maximum Gasteiger partial charge on any atom is 0.112 e. The van der Waals surface area contributed by atoms with Gasteiger partial charge in [0.05, 0.1) is 39.6 Å². The molecule has 1 aliphatic rings. The summed E-state index contributed by atoms with van der Waals surface area (Å²) in [6.07, 6.45) is 0. The van der Waals surface area contributed by atoms with Gasteiger partial charge in [0, 0.05) is 7.11 Å². The van der Waals surface area contributed by atoms with Crippen molar-refractivity contribution in [3.63, 3.8) is 0 Å². The largest absolute Gasteiger partial charge is 0.382 e. The summed E-state index contributed by atoms with van der Waals surface area (Å²) in [5.74, 6) is 0. The van der Waals surface area contributed by atoms with Gasteiger partial charge in [0.25, 0.3) is 0 Å². The van der Waals surface area contributed by atoms with Crippen LogP contribution in [0.5, 0.6) is 0 Å². The predicted octanol–water partition coefficient (Wildman–Crippen LogP) is 0.455. The lowest BCUT2D eigenvalue weighted by Crippen LogP contribution is -2.17. The zero-order chi connectivity index (χ0) is 9.57. The molecule has 0 aromatic rings. The van der Waals surface area contributed by atoms with E-state index < -0.39 is 0 Å². The van der Waals surface area contributed by atoms with E-state index in [0.717, 1.165) is 6.61 Å². The summed E-state index contributed by atoms with van der Waals surface area (Å²) in [5, 5.41) is 0. The molecule has 4 heteroatoms. The van der Waals surface area contributed by atoms with Gasteiger partial charge >= 0.3 is 0 Å². The first-order valence-electron chi connectivity index (χ1n) is 4.55. The normalized spacial score (nSPS) is 26.3. The Kier molecular flexibility index (Phi) is 4.66. The molecular weight excluding hydrogens is 172 g/mol. The minimum atomic E-state index is -0.00741. The van der Waals surface area contributed by atoms with Crippen LogP contribution in [-0.2, 0) is 18.9 Å². The zero-order valence-corrected chi connectivity index (χ0v) is 8.38. The van der Waals surface area contributed by atoms with Gasteiger partial charge in [0.15, 0.2) is 0 Å². The van der Waals surface area contributed by atoms with Crippen molar-refractivity contribution in [3.8, 4) is 0 Å². The quantitative estimate of drug-likeness (QED) is 0.411. The Labute approximate surface area is 79.1 Å². The summed E-state index contributed by atoms with van der Waals surface area (Å²) >= 11 is 0.